The van der Waals surface area contributed by atoms with Crippen LogP contribution < -0.4 is 5.32 Å². The summed E-state index contributed by atoms with van der Waals surface area (Å²) in [6, 6.07) is -0.875. The van der Waals surface area contributed by atoms with Crippen molar-refractivity contribution in [3.05, 3.63) is 11.6 Å². The van der Waals surface area contributed by atoms with Crippen LogP contribution in [0.15, 0.2) is 11.6 Å². The molecule has 0 aromatic heterocycles. The number of carboxylic acids is 1. The first-order chi connectivity index (χ1) is 9.62. The molecular formula is C15H25NO4. The molecule has 114 valence electrons. The Kier molecular flexibility index (Phi) is 5.57. The van der Waals surface area contributed by atoms with E-state index in [1.165, 1.54) is 5.57 Å². The van der Waals surface area contributed by atoms with Gasteiger partial charge in [-0.05, 0) is 25.7 Å². The first-order valence-electron chi connectivity index (χ1n) is 7.56. The minimum Gasteiger partial charge on any atom is -0.480 e. The molecule has 0 bridgehead atoms. The Morgan fingerprint density at radius 1 is 1.30 bits per heavy atom. The smallest absolute Gasteiger partial charge is 0.323 e. The van der Waals surface area contributed by atoms with Crippen molar-refractivity contribution in [2.24, 2.45) is 0 Å². The average Bonchev–Trinajstić information content (AvgIpc) is 2.45. The largest absolute Gasteiger partial charge is 0.480 e. The lowest BCUT2D eigenvalue weighted by atomic mass is 9.79. The number of aliphatic carboxylic acids is 1. The van der Waals surface area contributed by atoms with E-state index in [1.807, 2.05) is 6.08 Å². The van der Waals surface area contributed by atoms with Gasteiger partial charge in [-0.3, -0.25) is 10.1 Å². The fraction of sp³-hybridized carbons (Fsp3) is 0.800. The van der Waals surface area contributed by atoms with Gasteiger partial charge in [0.25, 0.3) is 0 Å². The van der Waals surface area contributed by atoms with E-state index < -0.39 is 17.6 Å². The molecule has 1 heterocycles. The summed E-state index contributed by atoms with van der Waals surface area (Å²) in [5.74, 6) is -0.959. The first kappa shape index (κ1) is 15.5. The lowest BCUT2D eigenvalue weighted by molar-refractivity contribution is -0.149. The number of hydrogen-bond acceptors (Lipinski definition) is 4. The van der Waals surface area contributed by atoms with Crippen molar-refractivity contribution in [3.8, 4) is 0 Å². The van der Waals surface area contributed by atoms with Crippen molar-refractivity contribution < 1.29 is 19.7 Å². The van der Waals surface area contributed by atoms with Gasteiger partial charge in [0.05, 0.1) is 18.8 Å². The van der Waals surface area contributed by atoms with Crippen LogP contribution in [0.5, 0.6) is 0 Å². The molecule has 0 amide bonds. The lowest BCUT2D eigenvalue weighted by Crippen LogP contribution is -2.56. The Labute approximate surface area is 120 Å². The number of rotatable bonds is 5. The topological polar surface area (TPSA) is 78.8 Å². The van der Waals surface area contributed by atoms with Crippen LogP contribution in [0.3, 0.4) is 0 Å². The second-order valence-electron chi connectivity index (χ2n) is 5.82. The monoisotopic (exact) mass is 283 g/mol. The summed E-state index contributed by atoms with van der Waals surface area (Å²) in [7, 11) is 0. The van der Waals surface area contributed by atoms with Gasteiger partial charge in [-0.25, -0.2) is 0 Å². The Morgan fingerprint density at radius 3 is 2.55 bits per heavy atom. The summed E-state index contributed by atoms with van der Waals surface area (Å²) >= 11 is 0. The van der Waals surface area contributed by atoms with E-state index >= 15 is 0 Å². The molecule has 0 radical (unpaired) electrons. The number of nitrogens with one attached hydrogen (secondary N) is 1. The Hall–Kier alpha value is -0.910. The molecular weight excluding hydrogens is 258 g/mol. The van der Waals surface area contributed by atoms with Crippen molar-refractivity contribution >= 4 is 5.97 Å². The highest BCUT2D eigenvalue weighted by molar-refractivity contribution is 5.75. The fourth-order valence-corrected chi connectivity index (χ4v) is 3.12. The maximum Gasteiger partial charge on any atom is 0.323 e. The van der Waals surface area contributed by atoms with Crippen LogP contribution in [-0.2, 0) is 9.53 Å². The minimum atomic E-state index is -1.10. The molecule has 1 saturated heterocycles. The van der Waals surface area contributed by atoms with Crippen LogP contribution >= 0.6 is 0 Å². The van der Waals surface area contributed by atoms with Gasteiger partial charge in [0.1, 0.15) is 6.04 Å². The summed E-state index contributed by atoms with van der Waals surface area (Å²) in [4.78, 5) is 11.4. The standard InChI is InChI=1S/C15H25NO4/c17-14(18)13(15(19)7-2-1-3-8-15)16-9-4-12-5-10-20-11-6-12/h4,13,16,19H,1-3,5-11H2,(H,17,18). The molecule has 1 unspecified atom stereocenters. The highest BCUT2D eigenvalue weighted by atomic mass is 16.5. The zero-order chi connectivity index (χ0) is 14.4. The second-order valence-corrected chi connectivity index (χ2v) is 5.82. The van der Waals surface area contributed by atoms with Crippen molar-refractivity contribution in [2.75, 3.05) is 19.8 Å². The molecule has 1 aliphatic heterocycles. The molecule has 1 saturated carbocycles. The summed E-state index contributed by atoms with van der Waals surface area (Å²) in [6.07, 6.45) is 7.92. The van der Waals surface area contributed by atoms with Gasteiger partial charge in [0.2, 0.25) is 0 Å². The van der Waals surface area contributed by atoms with E-state index in [2.05, 4.69) is 5.32 Å². The number of carboxylic acid groups (broad SMARTS) is 1. The molecule has 5 nitrogen and oxygen atoms in total. The van der Waals surface area contributed by atoms with Gasteiger partial charge in [-0.1, -0.05) is 30.9 Å². The molecule has 2 fully saturated rings. The van der Waals surface area contributed by atoms with Crippen molar-refractivity contribution in [3.63, 3.8) is 0 Å². The van der Waals surface area contributed by atoms with E-state index in [1.54, 1.807) is 0 Å². The SMILES string of the molecule is O=C(O)C(NCC=C1CCOCC1)C1(O)CCCCC1. The van der Waals surface area contributed by atoms with E-state index in [0.29, 0.717) is 19.4 Å². The summed E-state index contributed by atoms with van der Waals surface area (Å²) in [5.41, 5.74) is 0.210. The molecule has 0 spiro atoms. The van der Waals surface area contributed by atoms with E-state index in [0.717, 1.165) is 45.3 Å². The second kappa shape index (κ2) is 7.20. The first-order valence-corrected chi connectivity index (χ1v) is 7.56. The zero-order valence-electron chi connectivity index (χ0n) is 11.9. The fourth-order valence-electron chi connectivity index (χ4n) is 3.12. The van der Waals surface area contributed by atoms with E-state index in [4.69, 9.17) is 4.74 Å². The molecule has 1 atom stereocenters. The van der Waals surface area contributed by atoms with Gasteiger partial charge >= 0.3 is 5.97 Å². The lowest BCUT2D eigenvalue weighted by Gasteiger charge is -2.37. The summed E-state index contributed by atoms with van der Waals surface area (Å²) < 4.78 is 5.28. The molecule has 5 heteroatoms. The van der Waals surface area contributed by atoms with Gasteiger partial charge in [0, 0.05) is 6.54 Å². The molecule has 0 aromatic carbocycles. The Bertz CT molecular complexity index is 353. The normalized spacial score (nSPS) is 24.1. The number of ether oxygens (including phenoxy) is 1. The molecule has 2 rings (SSSR count). The van der Waals surface area contributed by atoms with E-state index in [-0.39, 0.29) is 0 Å². The minimum absolute atomic E-state index is 0.495. The molecule has 3 N–H and O–H groups in total. The van der Waals surface area contributed by atoms with Crippen molar-refractivity contribution in [1.82, 2.24) is 5.32 Å². The molecule has 0 aromatic rings. The number of hydrogen-bond donors (Lipinski definition) is 3. The third kappa shape index (κ3) is 4.04. The van der Waals surface area contributed by atoms with Gasteiger partial charge < -0.3 is 14.9 Å². The van der Waals surface area contributed by atoms with Crippen molar-refractivity contribution in [2.45, 2.75) is 56.6 Å². The van der Waals surface area contributed by atoms with Crippen LogP contribution in [0.1, 0.15) is 44.9 Å². The van der Waals surface area contributed by atoms with Crippen LogP contribution in [-0.4, -0.2) is 47.6 Å². The summed E-state index contributed by atoms with van der Waals surface area (Å²) in [6.45, 7) is 1.99. The molecule has 20 heavy (non-hydrogen) atoms. The van der Waals surface area contributed by atoms with Gasteiger partial charge in [0.15, 0.2) is 0 Å². The molecule has 1 aliphatic carbocycles. The molecule has 2 aliphatic rings. The summed E-state index contributed by atoms with van der Waals surface area (Å²) in [5, 5.41) is 22.9. The van der Waals surface area contributed by atoms with Gasteiger partial charge in [-0.15, -0.1) is 0 Å². The Balaban J connectivity index is 1.90. The Morgan fingerprint density at radius 2 is 1.95 bits per heavy atom. The highest BCUT2D eigenvalue weighted by Crippen LogP contribution is 2.31. The van der Waals surface area contributed by atoms with Crippen LogP contribution in [0, 0.1) is 0 Å². The third-order valence-corrected chi connectivity index (χ3v) is 4.35. The predicted molar refractivity (Wildman–Crippen MR) is 75.6 cm³/mol. The van der Waals surface area contributed by atoms with Gasteiger partial charge in [-0.2, -0.15) is 0 Å². The number of aliphatic hydroxyl groups is 1. The van der Waals surface area contributed by atoms with Crippen molar-refractivity contribution in [1.29, 1.82) is 0 Å². The predicted octanol–water partition coefficient (Wildman–Crippen LogP) is 1.46. The third-order valence-electron chi connectivity index (χ3n) is 4.35. The highest BCUT2D eigenvalue weighted by Gasteiger charge is 2.41. The average molecular weight is 283 g/mol. The number of carbonyl (C=O) groups is 1. The quantitative estimate of drug-likeness (QED) is 0.666. The van der Waals surface area contributed by atoms with Crippen LogP contribution in [0.4, 0.5) is 0 Å². The van der Waals surface area contributed by atoms with Crippen LogP contribution in [0.2, 0.25) is 0 Å². The zero-order valence-corrected chi connectivity index (χ0v) is 11.9. The maximum atomic E-state index is 11.4. The van der Waals surface area contributed by atoms with E-state index in [9.17, 15) is 15.0 Å². The maximum absolute atomic E-state index is 11.4. The van der Waals surface area contributed by atoms with Crippen LogP contribution in [0.25, 0.3) is 0 Å².